The second kappa shape index (κ2) is 6.69. The summed E-state index contributed by atoms with van der Waals surface area (Å²) >= 11 is 0. The molecule has 2 aliphatic rings. The van der Waals surface area contributed by atoms with E-state index in [1.165, 1.54) is 45.6 Å². The molecule has 17 heavy (non-hydrogen) atoms. The van der Waals surface area contributed by atoms with E-state index < -0.39 is 0 Å². The fourth-order valence-corrected chi connectivity index (χ4v) is 2.89. The third kappa shape index (κ3) is 3.91. The molecule has 0 radical (unpaired) electrons. The quantitative estimate of drug-likeness (QED) is 0.762. The van der Waals surface area contributed by atoms with E-state index in [0.717, 1.165) is 13.0 Å². The minimum atomic E-state index is 0.321. The first-order valence-corrected chi connectivity index (χ1v) is 7.12. The summed E-state index contributed by atoms with van der Waals surface area (Å²) in [5.74, 6) is 0. The van der Waals surface area contributed by atoms with E-state index in [-0.39, 0.29) is 0 Å². The number of ether oxygens (including phenoxy) is 1. The topological polar surface area (TPSA) is 41.7 Å². The Bertz CT molecular complexity index is 217. The van der Waals surface area contributed by atoms with Crippen LogP contribution in [0, 0.1) is 0 Å². The summed E-state index contributed by atoms with van der Waals surface area (Å²) in [5.41, 5.74) is 5.64. The Morgan fingerprint density at radius 1 is 1.06 bits per heavy atom. The third-order valence-corrected chi connectivity index (χ3v) is 3.92. The van der Waals surface area contributed by atoms with Crippen LogP contribution in [0.3, 0.4) is 0 Å². The zero-order chi connectivity index (χ0) is 12.1. The van der Waals surface area contributed by atoms with Gasteiger partial charge in [-0.2, -0.15) is 0 Å². The molecule has 0 aromatic carbocycles. The summed E-state index contributed by atoms with van der Waals surface area (Å²) in [5, 5.41) is 0. The summed E-state index contributed by atoms with van der Waals surface area (Å²) in [6.45, 7) is 10.1. The van der Waals surface area contributed by atoms with Crippen molar-refractivity contribution in [3.05, 3.63) is 0 Å². The summed E-state index contributed by atoms with van der Waals surface area (Å²) < 4.78 is 5.91. The molecular formula is C13H27N3O. The van der Waals surface area contributed by atoms with Crippen LogP contribution in [0.1, 0.15) is 26.2 Å². The maximum atomic E-state index is 5.91. The highest BCUT2D eigenvalue weighted by Gasteiger charge is 2.27. The van der Waals surface area contributed by atoms with Crippen LogP contribution in [0.15, 0.2) is 0 Å². The highest BCUT2D eigenvalue weighted by molar-refractivity contribution is 4.79. The van der Waals surface area contributed by atoms with Crippen LogP contribution < -0.4 is 5.73 Å². The SMILES string of the molecule is CCCN1CCN(CC2CCC(CN)O2)CC1. The molecule has 2 rings (SSSR count). The van der Waals surface area contributed by atoms with E-state index >= 15 is 0 Å². The fraction of sp³-hybridized carbons (Fsp3) is 1.00. The minimum absolute atomic E-state index is 0.321. The molecule has 0 saturated carbocycles. The van der Waals surface area contributed by atoms with E-state index in [1.54, 1.807) is 0 Å². The van der Waals surface area contributed by atoms with Crippen molar-refractivity contribution in [2.24, 2.45) is 5.73 Å². The molecule has 0 aromatic rings. The van der Waals surface area contributed by atoms with Crippen LogP contribution in [0.5, 0.6) is 0 Å². The molecule has 2 aliphatic heterocycles. The average molecular weight is 241 g/mol. The lowest BCUT2D eigenvalue weighted by Gasteiger charge is -2.35. The van der Waals surface area contributed by atoms with Gasteiger partial charge >= 0.3 is 0 Å². The lowest BCUT2D eigenvalue weighted by atomic mass is 10.2. The lowest BCUT2D eigenvalue weighted by Crippen LogP contribution is -2.48. The van der Waals surface area contributed by atoms with Gasteiger partial charge in [-0.25, -0.2) is 0 Å². The van der Waals surface area contributed by atoms with Gasteiger partial charge in [0.2, 0.25) is 0 Å². The number of piperazine rings is 1. The standard InChI is InChI=1S/C13H27N3O/c1-2-5-15-6-8-16(9-7-15)11-13-4-3-12(10-14)17-13/h12-13H,2-11,14H2,1H3. The van der Waals surface area contributed by atoms with Gasteiger partial charge in [0.25, 0.3) is 0 Å². The Hall–Kier alpha value is -0.160. The zero-order valence-corrected chi connectivity index (χ0v) is 11.1. The molecule has 0 aliphatic carbocycles. The first-order valence-electron chi connectivity index (χ1n) is 7.12. The normalized spacial score (nSPS) is 32.1. The second-order valence-electron chi connectivity index (χ2n) is 5.34. The van der Waals surface area contributed by atoms with Gasteiger partial charge in [-0.15, -0.1) is 0 Å². The van der Waals surface area contributed by atoms with Crippen molar-refractivity contribution in [3.8, 4) is 0 Å². The van der Waals surface area contributed by atoms with Gasteiger partial charge in [0.1, 0.15) is 0 Å². The highest BCUT2D eigenvalue weighted by atomic mass is 16.5. The van der Waals surface area contributed by atoms with Crippen molar-refractivity contribution in [3.63, 3.8) is 0 Å². The molecule has 0 spiro atoms. The Kier molecular flexibility index (Phi) is 5.22. The maximum Gasteiger partial charge on any atom is 0.0707 e. The van der Waals surface area contributed by atoms with Crippen LogP contribution in [0.2, 0.25) is 0 Å². The molecule has 2 fully saturated rings. The van der Waals surface area contributed by atoms with E-state index in [2.05, 4.69) is 16.7 Å². The van der Waals surface area contributed by atoms with Crippen molar-refractivity contribution >= 4 is 0 Å². The number of nitrogens with zero attached hydrogens (tertiary/aromatic N) is 2. The van der Waals surface area contributed by atoms with Crippen molar-refractivity contribution in [2.75, 3.05) is 45.8 Å². The average Bonchev–Trinajstić information content (AvgIpc) is 2.80. The molecule has 4 nitrogen and oxygen atoms in total. The first kappa shape index (κ1) is 13.3. The van der Waals surface area contributed by atoms with Gasteiger partial charge < -0.3 is 15.4 Å². The van der Waals surface area contributed by atoms with Crippen molar-refractivity contribution < 1.29 is 4.74 Å². The summed E-state index contributed by atoms with van der Waals surface area (Å²) in [6, 6.07) is 0. The predicted octanol–water partition coefficient (Wildman–Crippen LogP) is 0.520. The predicted molar refractivity (Wildman–Crippen MR) is 70.1 cm³/mol. The summed E-state index contributed by atoms with van der Waals surface area (Å²) in [4.78, 5) is 5.12. The number of hydrogen-bond donors (Lipinski definition) is 1. The fourth-order valence-electron chi connectivity index (χ4n) is 2.89. The molecule has 2 saturated heterocycles. The Morgan fingerprint density at radius 2 is 1.71 bits per heavy atom. The smallest absolute Gasteiger partial charge is 0.0707 e. The molecule has 0 aromatic heterocycles. The lowest BCUT2D eigenvalue weighted by molar-refractivity contribution is 0.0157. The molecule has 2 unspecified atom stereocenters. The van der Waals surface area contributed by atoms with Crippen molar-refractivity contribution in [1.29, 1.82) is 0 Å². The minimum Gasteiger partial charge on any atom is -0.372 e. The molecule has 100 valence electrons. The van der Waals surface area contributed by atoms with Crippen LogP contribution in [0.25, 0.3) is 0 Å². The second-order valence-corrected chi connectivity index (χ2v) is 5.34. The van der Waals surface area contributed by atoms with Crippen molar-refractivity contribution in [2.45, 2.75) is 38.4 Å². The largest absolute Gasteiger partial charge is 0.372 e. The van der Waals surface area contributed by atoms with Gasteiger partial charge in [-0.3, -0.25) is 4.90 Å². The van der Waals surface area contributed by atoms with Crippen LogP contribution in [0.4, 0.5) is 0 Å². The summed E-state index contributed by atoms with van der Waals surface area (Å²) in [7, 11) is 0. The van der Waals surface area contributed by atoms with Gasteiger partial charge in [-0.1, -0.05) is 6.92 Å². The molecule has 2 N–H and O–H groups in total. The molecule has 2 heterocycles. The van der Waals surface area contributed by atoms with Gasteiger partial charge in [0, 0.05) is 39.3 Å². The number of nitrogens with two attached hydrogens (primary N) is 1. The Morgan fingerprint density at radius 3 is 2.29 bits per heavy atom. The molecule has 4 heteroatoms. The summed E-state index contributed by atoms with van der Waals surface area (Å²) in [6.07, 6.45) is 4.36. The molecule has 2 atom stereocenters. The van der Waals surface area contributed by atoms with Gasteiger partial charge in [0.05, 0.1) is 12.2 Å². The molecular weight excluding hydrogens is 214 g/mol. The van der Waals surface area contributed by atoms with Gasteiger partial charge in [-0.05, 0) is 25.8 Å². The highest BCUT2D eigenvalue weighted by Crippen LogP contribution is 2.20. The first-order chi connectivity index (χ1) is 8.31. The Labute approximate surface area is 105 Å². The van der Waals surface area contributed by atoms with E-state index in [1.807, 2.05) is 0 Å². The molecule has 0 bridgehead atoms. The molecule has 0 amide bonds. The van der Waals surface area contributed by atoms with E-state index in [4.69, 9.17) is 10.5 Å². The van der Waals surface area contributed by atoms with E-state index in [9.17, 15) is 0 Å². The maximum absolute atomic E-state index is 5.91. The zero-order valence-electron chi connectivity index (χ0n) is 11.1. The Balaban J connectivity index is 1.65. The van der Waals surface area contributed by atoms with E-state index in [0.29, 0.717) is 18.8 Å². The monoisotopic (exact) mass is 241 g/mol. The third-order valence-electron chi connectivity index (χ3n) is 3.92. The van der Waals surface area contributed by atoms with Crippen LogP contribution in [-0.4, -0.2) is 67.8 Å². The number of rotatable bonds is 5. The van der Waals surface area contributed by atoms with Crippen LogP contribution >= 0.6 is 0 Å². The van der Waals surface area contributed by atoms with Crippen LogP contribution in [-0.2, 0) is 4.74 Å². The number of hydrogen-bond acceptors (Lipinski definition) is 4. The van der Waals surface area contributed by atoms with Crippen molar-refractivity contribution in [1.82, 2.24) is 9.80 Å². The van der Waals surface area contributed by atoms with Gasteiger partial charge in [0.15, 0.2) is 0 Å².